The first-order valence-electron chi connectivity index (χ1n) is 11.1. The van der Waals surface area contributed by atoms with E-state index < -0.39 is 29.8 Å². The van der Waals surface area contributed by atoms with Gasteiger partial charge in [0, 0.05) is 34.8 Å². The van der Waals surface area contributed by atoms with E-state index in [1.165, 1.54) is 28.4 Å². The maximum Gasteiger partial charge on any atom is 0.493 e. The monoisotopic (exact) mass is 514 g/mol. The molecule has 0 fully saturated rings. The molecule has 0 aliphatic rings. The number of nitrogens with zero attached hydrogens (tertiary/aromatic N) is 2. The van der Waals surface area contributed by atoms with Crippen LogP contribution in [0.25, 0.3) is 11.1 Å². The van der Waals surface area contributed by atoms with Crippen molar-refractivity contribution in [1.82, 2.24) is 4.98 Å². The average Bonchev–Trinajstić information content (AvgIpc) is 3.33. The fraction of sp³-hybridized carbons (Fsp3) is 0.240. The number of hydrogen-bond acceptors (Lipinski definition) is 9. The van der Waals surface area contributed by atoms with Crippen LogP contribution in [0, 0.1) is 11.6 Å². The van der Waals surface area contributed by atoms with Crippen LogP contribution >= 0.6 is 0 Å². The van der Waals surface area contributed by atoms with Gasteiger partial charge in [-0.15, -0.1) is 0 Å². The molecule has 9 nitrogen and oxygen atoms in total. The molecule has 0 saturated heterocycles. The van der Waals surface area contributed by atoms with Gasteiger partial charge in [-0.3, -0.25) is 0 Å². The van der Waals surface area contributed by atoms with Crippen LogP contribution in [0.4, 0.5) is 14.8 Å². The van der Waals surface area contributed by atoms with E-state index >= 15 is 0 Å². The zero-order valence-corrected chi connectivity index (χ0v) is 20.6. The first-order valence-corrected chi connectivity index (χ1v) is 11.1. The number of halogens is 2. The van der Waals surface area contributed by atoms with Crippen molar-refractivity contribution in [1.29, 1.82) is 0 Å². The van der Waals surface area contributed by atoms with E-state index in [-0.39, 0.29) is 24.6 Å². The van der Waals surface area contributed by atoms with Gasteiger partial charge in [0.1, 0.15) is 34.3 Å². The van der Waals surface area contributed by atoms with Crippen molar-refractivity contribution in [3.63, 3.8) is 0 Å². The van der Waals surface area contributed by atoms with Gasteiger partial charge in [0.05, 0.1) is 41.5 Å². The molecule has 37 heavy (non-hydrogen) atoms. The van der Waals surface area contributed by atoms with Gasteiger partial charge in [0.25, 0.3) is 6.01 Å². The fourth-order valence-corrected chi connectivity index (χ4v) is 3.97. The van der Waals surface area contributed by atoms with Crippen molar-refractivity contribution < 1.29 is 42.2 Å². The Morgan fingerprint density at radius 2 is 1.35 bits per heavy atom. The number of fused-ring (bicyclic) bond motifs is 1. The molecular formula is C25H25BF2N2O7. The standard InChI is InChI=1S/C25H25BF2N2O7/c1-33-16-7-5-14(20(9-16)35-3)12-30(13-15-6-8-17(34-2)10-21(15)36-4)25-29-23-22(26(31)32)18(27)11-19(28)24(23)37-25/h5-11,31-32H,12-13H2,1-4H3. The van der Waals surface area contributed by atoms with Gasteiger partial charge in [-0.05, 0) is 24.3 Å². The molecule has 0 spiro atoms. The summed E-state index contributed by atoms with van der Waals surface area (Å²) in [7, 11) is 3.88. The number of rotatable bonds is 10. The minimum absolute atomic E-state index is 0.0860. The Bertz CT molecular complexity index is 1360. The average molecular weight is 514 g/mol. The van der Waals surface area contributed by atoms with Crippen LogP contribution in [0.15, 0.2) is 46.9 Å². The second-order valence-electron chi connectivity index (χ2n) is 8.01. The third-order valence-electron chi connectivity index (χ3n) is 5.84. The van der Waals surface area contributed by atoms with Gasteiger partial charge < -0.3 is 38.3 Å². The Morgan fingerprint density at radius 3 is 1.81 bits per heavy atom. The van der Waals surface area contributed by atoms with Crippen molar-refractivity contribution >= 4 is 29.7 Å². The number of oxazole rings is 1. The lowest BCUT2D eigenvalue weighted by molar-refractivity contribution is 0.388. The Balaban J connectivity index is 1.84. The van der Waals surface area contributed by atoms with Gasteiger partial charge in [0.2, 0.25) is 0 Å². The topological polar surface area (TPSA) is 107 Å². The largest absolute Gasteiger partial charge is 0.497 e. The molecule has 12 heteroatoms. The summed E-state index contributed by atoms with van der Waals surface area (Å²) in [6.45, 7) is 0.326. The number of anilines is 1. The van der Waals surface area contributed by atoms with Gasteiger partial charge in [-0.25, -0.2) is 8.78 Å². The molecule has 194 valence electrons. The number of aromatic nitrogens is 1. The highest BCUT2D eigenvalue weighted by atomic mass is 19.1. The number of benzene rings is 3. The smallest absolute Gasteiger partial charge is 0.493 e. The second kappa shape index (κ2) is 10.9. The van der Waals surface area contributed by atoms with Crippen LogP contribution in [-0.2, 0) is 13.1 Å². The molecule has 1 heterocycles. The quantitative estimate of drug-likeness (QED) is 0.309. The Morgan fingerprint density at radius 1 is 0.811 bits per heavy atom. The van der Waals surface area contributed by atoms with Crippen LogP contribution in [0.5, 0.6) is 23.0 Å². The molecule has 4 aromatic rings. The maximum absolute atomic E-state index is 14.6. The zero-order valence-electron chi connectivity index (χ0n) is 20.6. The molecule has 0 bridgehead atoms. The molecule has 1 aromatic heterocycles. The van der Waals surface area contributed by atoms with E-state index in [1.807, 2.05) is 0 Å². The summed E-state index contributed by atoms with van der Waals surface area (Å²) in [5.41, 5.74) is 0.0957. The molecule has 2 N–H and O–H groups in total. The SMILES string of the molecule is COc1ccc(CN(Cc2ccc(OC)cc2OC)c2nc3c(B(O)O)c(F)cc(F)c3o2)c(OC)c1. The third-order valence-corrected chi connectivity index (χ3v) is 5.84. The summed E-state index contributed by atoms with van der Waals surface area (Å²) in [5, 5.41) is 19.4. The summed E-state index contributed by atoms with van der Waals surface area (Å²) < 4.78 is 56.3. The first kappa shape index (κ1) is 26.0. The van der Waals surface area contributed by atoms with Crippen molar-refractivity contribution in [2.24, 2.45) is 0 Å². The highest BCUT2D eigenvalue weighted by molar-refractivity contribution is 6.61. The first-order chi connectivity index (χ1) is 17.8. The molecule has 0 saturated carbocycles. The van der Waals surface area contributed by atoms with Crippen molar-refractivity contribution in [2.75, 3.05) is 33.3 Å². The third kappa shape index (κ3) is 5.25. The lowest BCUT2D eigenvalue weighted by atomic mass is 9.79. The maximum atomic E-state index is 14.6. The van der Waals surface area contributed by atoms with Crippen molar-refractivity contribution in [3.8, 4) is 23.0 Å². The van der Waals surface area contributed by atoms with E-state index in [0.717, 1.165) is 0 Å². The molecule has 4 rings (SSSR count). The van der Waals surface area contributed by atoms with Crippen LogP contribution in [-0.4, -0.2) is 50.6 Å². The Kier molecular flexibility index (Phi) is 7.70. The number of ether oxygens (including phenoxy) is 4. The summed E-state index contributed by atoms with van der Waals surface area (Å²) >= 11 is 0. The molecule has 3 aromatic carbocycles. The van der Waals surface area contributed by atoms with Crippen LogP contribution in [0.1, 0.15) is 11.1 Å². The van der Waals surface area contributed by atoms with Gasteiger partial charge in [0.15, 0.2) is 11.4 Å². The predicted molar refractivity (Wildman–Crippen MR) is 133 cm³/mol. The minimum atomic E-state index is -2.22. The van der Waals surface area contributed by atoms with Crippen LogP contribution in [0.3, 0.4) is 0 Å². The van der Waals surface area contributed by atoms with Gasteiger partial charge in [-0.1, -0.05) is 0 Å². The predicted octanol–water partition coefficient (Wildman–Crippen LogP) is 3.03. The highest BCUT2D eigenvalue weighted by Crippen LogP contribution is 2.33. The van der Waals surface area contributed by atoms with E-state index in [9.17, 15) is 18.8 Å². The Hall–Kier alpha value is -4.03. The summed E-state index contributed by atoms with van der Waals surface area (Å²) in [6.07, 6.45) is 0. The van der Waals surface area contributed by atoms with Crippen molar-refractivity contribution in [2.45, 2.75) is 13.1 Å². The number of methoxy groups -OCH3 is 4. The second-order valence-corrected chi connectivity index (χ2v) is 8.01. The fourth-order valence-electron chi connectivity index (χ4n) is 3.97. The van der Waals surface area contributed by atoms with E-state index in [2.05, 4.69) is 4.98 Å². The molecule has 0 unspecified atom stereocenters. The number of hydrogen-bond donors (Lipinski definition) is 2. The van der Waals surface area contributed by atoms with Crippen molar-refractivity contribution in [3.05, 3.63) is 65.2 Å². The van der Waals surface area contributed by atoms with Crippen LogP contribution in [0.2, 0.25) is 0 Å². The Labute approximate surface area is 211 Å². The summed E-state index contributed by atoms with van der Waals surface area (Å²) in [5.74, 6) is 0.0336. The molecule has 0 amide bonds. The summed E-state index contributed by atoms with van der Waals surface area (Å²) in [4.78, 5) is 5.91. The molecule has 0 aliphatic carbocycles. The minimum Gasteiger partial charge on any atom is -0.497 e. The molecule has 0 atom stereocenters. The lowest BCUT2D eigenvalue weighted by Gasteiger charge is -2.23. The van der Waals surface area contributed by atoms with Gasteiger partial charge in [-0.2, -0.15) is 4.98 Å². The summed E-state index contributed by atoms with van der Waals surface area (Å²) in [6, 6.07) is 11.0. The molecule has 0 radical (unpaired) electrons. The van der Waals surface area contributed by atoms with E-state index in [1.54, 1.807) is 41.3 Å². The molecule has 0 aliphatic heterocycles. The highest BCUT2D eigenvalue weighted by Gasteiger charge is 2.28. The van der Waals surface area contributed by atoms with Crippen LogP contribution < -0.4 is 29.3 Å². The zero-order chi connectivity index (χ0) is 26.7. The van der Waals surface area contributed by atoms with E-state index in [0.29, 0.717) is 40.2 Å². The van der Waals surface area contributed by atoms with E-state index in [4.69, 9.17) is 23.4 Å². The van der Waals surface area contributed by atoms with Gasteiger partial charge >= 0.3 is 7.12 Å². The normalized spacial score (nSPS) is 10.9. The molecular weight excluding hydrogens is 489 g/mol. The lowest BCUT2D eigenvalue weighted by Crippen LogP contribution is -2.34.